The first kappa shape index (κ1) is 15.1. The summed E-state index contributed by atoms with van der Waals surface area (Å²) in [5.41, 5.74) is -0.371. The van der Waals surface area contributed by atoms with Crippen molar-refractivity contribution in [2.75, 3.05) is 0 Å². The molecule has 6 heteroatoms. The average Bonchev–Trinajstić information content (AvgIpc) is 2.29. The van der Waals surface area contributed by atoms with E-state index in [0.29, 0.717) is 6.42 Å². The maximum atomic E-state index is 12.7. The van der Waals surface area contributed by atoms with Crippen molar-refractivity contribution >= 4 is 32.6 Å². The highest BCUT2D eigenvalue weighted by atomic mass is 79.9. The van der Waals surface area contributed by atoms with E-state index in [9.17, 15) is 13.2 Å². The maximum Gasteiger partial charge on any atom is 0.417 e. The fraction of sp³-hybridized carbons (Fsp3) is 0.250. The highest BCUT2D eigenvalue weighted by Crippen LogP contribution is 2.37. The Morgan fingerprint density at radius 1 is 1.44 bits per heavy atom. The van der Waals surface area contributed by atoms with E-state index < -0.39 is 11.7 Å². The van der Waals surface area contributed by atoms with Crippen molar-refractivity contribution in [3.8, 4) is 6.07 Å². The van der Waals surface area contributed by atoms with Gasteiger partial charge in [-0.3, -0.25) is 0 Å². The van der Waals surface area contributed by atoms with Gasteiger partial charge in [-0.1, -0.05) is 40.5 Å². The molecule has 0 atom stereocenters. The Morgan fingerprint density at radius 2 is 2.06 bits per heavy atom. The lowest BCUT2D eigenvalue weighted by atomic mass is 10.1. The highest BCUT2D eigenvalue weighted by molar-refractivity contribution is 9.10. The van der Waals surface area contributed by atoms with Crippen LogP contribution in [0.2, 0.25) is 0 Å². The molecule has 0 spiro atoms. The monoisotopic (exact) mass is 337 g/mol. The van der Waals surface area contributed by atoms with Gasteiger partial charge in [-0.05, 0) is 24.1 Å². The van der Waals surface area contributed by atoms with E-state index in [1.807, 2.05) is 6.07 Å². The number of alkyl halides is 3. The summed E-state index contributed by atoms with van der Waals surface area (Å²) in [5.74, 6) is 0. The van der Waals surface area contributed by atoms with Crippen LogP contribution in [0.15, 0.2) is 28.2 Å². The van der Waals surface area contributed by atoms with Crippen LogP contribution in [0.1, 0.15) is 24.5 Å². The molecule has 18 heavy (non-hydrogen) atoms. The molecule has 0 heterocycles. The van der Waals surface area contributed by atoms with Crippen molar-refractivity contribution < 1.29 is 13.2 Å². The van der Waals surface area contributed by atoms with Crippen LogP contribution in [-0.4, -0.2) is 0 Å². The van der Waals surface area contributed by atoms with Gasteiger partial charge in [0.2, 0.25) is 0 Å². The molecular weight excluding hydrogens is 330 g/mol. The molecule has 1 nitrogen and oxygen atoms in total. The summed E-state index contributed by atoms with van der Waals surface area (Å²) in [6, 6.07) is 5.52. The lowest BCUT2D eigenvalue weighted by Gasteiger charge is -2.11. The molecular formula is C12H8BrClF3N. The van der Waals surface area contributed by atoms with Crippen LogP contribution >= 0.6 is 27.5 Å². The van der Waals surface area contributed by atoms with Gasteiger partial charge in [0, 0.05) is 10.0 Å². The molecule has 0 aliphatic heterocycles. The van der Waals surface area contributed by atoms with Crippen LogP contribution < -0.4 is 0 Å². The fourth-order valence-electron chi connectivity index (χ4n) is 1.34. The SMILES string of the molecule is CC/C(C#N)=C(/Cl)c1ccc(Br)c(C(F)(F)F)c1. The summed E-state index contributed by atoms with van der Waals surface area (Å²) >= 11 is 8.76. The predicted molar refractivity (Wildman–Crippen MR) is 67.8 cm³/mol. The van der Waals surface area contributed by atoms with E-state index >= 15 is 0 Å². The third-order valence-electron chi connectivity index (χ3n) is 2.28. The van der Waals surface area contributed by atoms with Crippen molar-refractivity contribution in [2.24, 2.45) is 0 Å². The van der Waals surface area contributed by atoms with E-state index in [4.69, 9.17) is 16.9 Å². The molecule has 0 aliphatic rings. The van der Waals surface area contributed by atoms with Crippen LogP contribution in [0.4, 0.5) is 13.2 Å². The third-order valence-corrected chi connectivity index (χ3v) is 3.42. The van der Waals surface area contributed by atoms with Crippen LogP contribution in [0, 0.1) is 11.3 Å². The van der Waals surface area contributed by atoms with Crippen molar-refractivity contribution in [3.05, 3.63) is 39.4 Å². The Kier molecular flexibility index (Phi) is 4.83. The zero-order chi connectivity index (χ0) is 13.9. The van der Waals surface area contributed by atoms with Gasteiger partial charge >= 0.3 is 6.18 Å². The second-order valence-electron chi connectivity index (χ2n) is 3.45. The molecule has 1 aromatic rings. The molecule has 96 valence electrons. The summed E-state index contributed by atoms with van der Waals surface area (Å²) in [4.78, 5) is 0. The minimum Gasteiger partial charge on any atom is -0.193 e. The number of halogens is 5. The van der Waals surface area contributed by atoms with Gasteiger partial charge in [0.15, 0.2) is 0 Å². The molecule has 0 saturated carbocycles. The Balaban J connectivity index is 3.39. The number of benzene rings is 1. The van der Waals surface area contributed by atoms with Crippen LogP contribution in [-0.2, 0) is 6.18 Å². The molecule has 0 aromatic heterocycles. The summed E-state index contributed by atoms with van der Waals surface area (Å²) in [5, 5.41) is 8.87. The van der Waals surface area contributed by atoms with Gasteiger partial charge in [-0.2, -0.15) is 18.4 Å². The first-order valence-corrected chi connectivity index (χ1v) is 6.14. The molecule has 0 saturated heterocycles. The van der Waals surface area contributed by atoms with E-state index in [0.717, 1.165) is 6.07 Å². The van der Waals surface area contributed by atoms with Gasteiger partial charge in [0.25, 0.3) is 0 Å². The van der Waals surface area contributed by atoms with Crippen molar-refractivity contribution in [1.29, 1.82) is 5.26 Å². The fourth-order valence-corrected chi connectivity index (χ4v) is 2.10. The number of nitriles is 1. The zero-order valence-corrected chi connectivity index (χ0v) is 11.6. The number of hydrogen-bond acceptors (Lipinski definition) is 1. The Bertz CT molecular complexity index is 529. The van der Waals surface area contributed by atoms with E-state index in [1.165, 1.54) is 12.1 Å². The lowest BCUT2D eigenvalue weighted by molar-refractivity contribution is -0.138. The van der Waals surface area contributed by atoms with Crippen molar-refractivity contribution in [3.63, 3.8) is 0 Å². The number of hydrogen-bond donors (Lipinski definition) is 0. The third kappa shape index (κ3) is 3.27. The summed E-state index contributed by atoms with van der Waals surface area (Å²) < 4.78 is 38.1. The van der Waals surface area contributed by atoms with Gasteiger partial charge in [-0.15, -0.1) is 0 Å². The number of allylic oxidation sites excluding steroid dienone is 1. The van der Waals surface area contributed by atoms with Gasteiger partial charge in [0.1, 0.15) is 0 Å². The molecule has 0 bridgehead atoms. The minimum atomic E-state index is -4.47. The lowest BCUT2D eigenvalue weighted by Crippen LogP contribution is -2.06. The first-order valence-electron chi connectivity index (χ1n) is 4.97. The molecule has 1 aromatic carbocycles. The Labute approximate surface area is 116 Å². The molecule has 0 aliphatic carbocycles. The smallest absolute Gasteiger partial charge is 0.193 e. The van der Waals surface area contributed by atoms with Gasteiger partial charge in [-0.25, -0.2) is 0 Å². The van der Waals surface area contributed by atoms with E-state index in [2.05, 4.69) is 15.9 Å². The Morgan fingerprint density at radius 3 is 2.50 bits per heavy atom. The second kappa shape index (κ2) is 5.77. The van der Waals surface area contributed by atoms with E-state index in [-0.39, 0.29) is 20.6 Å². The predicted octanol–water partition coefficient (Wildman–Crippen LogP) is 5.35. The summed E-state index contributed by atoms with van der Waals surface area (Å²) in [7, 11) is 0. The highest BCUT2D eigenvalue weighted by Gasteiger charge is 2.33. The first-order chi connectivity index (χ1) is 8.31. The molecule has 0 fully saturated rings. The van der Waals surface area contributed by atoms with Gasteiger partial charge < -0.3 is 0 Å². The standard InChI is InChI=1S/C12H8BrClF3N/c1-2-7(6-18)11(14)8-3-4-10(13)9(5-8)12(15,16)17/h3-5H,2H2,1H3/b11-7-. The molecule has 0 amide bonds. The van der Waals surface area contributed by atoms with E-state index in [1.54, 1.807) is 6.92 Å². The molecule has 0 N–H and O–H groups in total. The van der Waals surface area contributed by atoms with Crippen LogP contribution in [0.25, 0.3) is 5.03 Å². The quantitative estimate of drug-likeness (QED) is 0.667. The van der Waals surface area contributed by atoms with Crippen molar-refractivity contribution in [2.45, 2.75) is 19.5 Å². The summed E-state index contributed by atoms with van der Waals surface area (Å²) in [6.45, 7) is 1.71. The molecule has 0 unspecified atom stereocenters. The number of rotatable bonds is 2. The second-order valence-corrected chi connectivity index (χ2v) is 4.68. The van der Waals surface area contributed by atoms with Crippen LogP contribution in [0.5, 0.6) is 0 Å². The Hall–Kier alpha value is -0.990. The summed E-state index contributed by atoms with van der Waals surface area (Å²) in [6.07, 6.45) is -4.10. The van der Waals surface area contributed by atoms with Crippen LogP contribution in [0.3, 0.4) is 0 Å². The molecule has 1 rings (SSSR count). The zero-order valence-electron chi connectivity index (χ0n) is 9.28. The normalized spacial score (nSPS) is 12.9. The number of nitrogens with zero attached hydrogens (tertiary/aromatic N) is 1. The van der Waals surface area contributed by atoms with Gasteiger partial charge in [0.05, 0.1) is 16.7 Å². The molecule has 0 radical (unpaired) electrons. The average molecular weight is 339 g/mol. The minimum absolute atomic E-state index is 0.0537. The van der Waals surface area contributed by atoms with Crippen molar-refractivity contribution in [1.82, 2.24) is 0 Å². The topological polar surface area (TPSA) is 23.8 Å². The maximum absolute atomic E-state index is 12.7. The largest absolute Gasteiger partial charge is 0.417 e.